The van der Waals surface area contributed by atoms with E-state index < -0.39 is 0 Å². The van der Waals surface area contributed by atoms with Crippen molar-refractivity contribution in [1.82, 2.24) is 9.80 Å². The van der Waals surface area contributed by atoms with Crippen LogP contribution in [0.3, 0.4) is 0 Å². The molecule has 1 aromatic heterocycles. The van der Waals surface area contributed by atoms with E-state index >= 15 is 0 Å². The van der Waals surface area contributed by atoms with Crippen LogP contribution in [-0.4, -0.2) is 58.9 Å². The normalized spacial score (nSPS) is 27.6. The van der Waals surface area contributed by atoms with Gasteiger partial charge in [-0.3, -0.25) is 14.6 Å². The zero-order valence-corrected chi connectivity index (χ0v) is 21.9. The number of morpholine rings is 1. The van der Waals surface area contributed by atoms with Gasteiger partial charge in [0, 0.05) is 30.8 Å². The highest BCUT2D eigenvalue weighted by atomic mass is 32.2. The number of aryl methyl sites for hydroxylation is 1. The molecule has 2 aliphatic heterocycles. The number of rotatable bonds is 7. The van der Waals surface area contributed by atoms with Gasteiger partial charge in [0.15, 0.2) is 0 Å². The van der Waals surface area contributed by atoms with Crippen LogP contribution >= 0.6 is 24.0 Å². The molecule has 6 rings (SSSR count). The Morgan fingerprint density at radius 2 is 1.94 bits per heavy atom. The smallest absolute Gasteiger partial charge is 0.266 e. The molecule has 3 atom stereocenters. The summed E-state index contributed by atoms with van der Waals surface area (Å²) in [7, 11) is 0. The van der Waals surface area contributed by atoms with Gasteiger partial charge in [0.1, 0.15) is 21.7 Å². The van der Waals surface area contributed by atoms with E-state index in [2.05, 4.69) is 4.90 Å². The molecule has 8 heteroatoms. The fraction of sp³-hybridized carbons (Fsp3) is 0.500. The minimum absolute atomic E-state index is 0.0153. The van der Waals surface area contributed by atoms with Gasteiger partial charge in [0.2, 0.25) is 0 Å². The lowest BCUT2D eigenvalue weighted by molar-refractivity contribution is -0.124. The molecule has 0 N–H and O–H groups in total. The predicted octanol–water partition coefficient (Wildman–Crippen LogP) is 5.74. The molecule has 4 aliphatic rings. The molecule has 1 amide bonds. The van der Waals surface area contributed by atoms with Gasteiger partial charge in [0.25, 0.3) is 5.91 Å². The largest absolute Gasteiger partial charge is 0.456 e. The van der Waals surface area contributed by atoms with Crippen molar-refractivity contribution in [2.45, 2.75) is 44.6 Å². The molecular formula is C28H31FN2O3S2. The molecule has 4 fully saturated rings. The number of halogens is 1. The Morgan fingerprint density at radius 3 is 2.67 bits per heavy atom. The van der Waals surface area contributed by atoms with E-state index in [9.17, 15) is 9.18 Å². The van der Waals surface area contributed by atoms with Gasteiger partial charge in [0.05, 0.1) is 18.1 Å². The van der Waals surface area contributed by atoms with Crippen LogP contribution in [0.15, 0.2) is 39.7 Å². The van der Waals surface area contributed by atoms with Crippen LogP contribution in [0.4, 0.5) is 4.39 Å². The third-order valence-electron chi connectivity index (χ3n) is 8.11. The lowest BCUT2D eigenvalue weighted by atomic mass is 9.94. The van der Waals surface area contributed by atoms with Crippen LogP contribution < -0.4 is 0 Å². The summed E-state index contributed by atoms with van der Waals surface area (Å²) in [6.07, 6.45) is 8.50. The summed E-state index contributed by atoms with van der Waals surface area (Å²) in [5, 5.41) is 0. The Hall–Kier alpha value is -2.00. The lowest BCUT2D eigenvalue weighted by Gasteiger charge is -2.30. The fourth-order valence-electron chi connectivity index (χ4n) is 6.25. The van der Waals surface area contributed by atoms with E-state index in [0.29, 0.717) is 26.7 Å². The number of hydrogen-bond acceptors (Lipinski definition) is 6. The van der Waals surface area contributed by atoms with Crippen molar-refractivity contribution in [3.63, 3.8) is 0 Å². The maximum Gasteiger partial charge on any atom is 0.266 e. The monoisotopic (exact) mass is 526 g/mol. The van der Waals surface area contributed by atoms with Gasteiger partial charge < -0.3 is 9.15 Å². The number of furan rings is 1. The average molecular weight is 527 g/mol. The summed E-state index contributed by atoms with van der Waals surface area (Å²) < 4.78 is 25.9. The third kappa shape index (κ3) is 4.93. The van der Waals surface area contributed by atoms with Gasteiger partial charge in [-0.05, 0) is 86.4 Å². The molecule has 3 heterocycles. The van der Waals surface area contributed by atoms with Gasteiger partial charge in [-0.2, -0.15) is 0 Å². The van der Waals surface area contributed by atoms with Crippen LogP contribution in [0, 0.1) is 17.7 Å². The topological polar surface area (TPSA) is 45.9 Å². The third-order valence-corrected chi connectivity index (χ3v) is 9.44. The molecule has 2 aliphatic carbocycles. The SMILES string of the molecule is O=C1/C(=C/c2oc(-c3ccc(F)cc3)cc2CCCN2CCOCC2)SC(=S)N1C1CC2CCC1C2. The number of carbonyl (C=O) groups excluding carboxylic acids is 1. The Balaban J connectivity index is 1.24. The van der Waals surface area contributed by atoms with Crippen molar-refractivity contribution in [2.75, 3.05) is 32.8 Å². The second kappa shape index (κ2) is 10.4. The van der Waals surface area contributed by atoms with Crippen LogP contribution in [0.5, 0.6) is 0 Å². The van der Waals surface area contributed by atoms with Crippen molar-refractivity contribution >= 4 is 40.3 Å². The highest BCUT2D eigenvalue weighted by Gasteiger charge is 2.48. The summed E-state index contributed by atoms with van der Waals surface area (Å²) in [4.78, 5) is 18.4. The number of hydrogen-bond donors (Lipinski definition) is 0. The molecule has 2 saturated carbocycles. The van der Waals surface area contributed by atoms with Crippen LogP contribution in [0.1, 0.15) is 43.4 Å². The van der Waals surface area contributed by atoms with Crippen LogP contribution in [0.2, 0.25) is 0 Å². The summed E-state index contributed by atoms with van der Waals surface area (Å²) in [5.41, 5.74) is 1.88. The summed E-state index contributed by atoms with van der Waals surface area (Å²) in [5.74, 6) is 2.45. The maximum absolute atomic E-state index is 13.5. The first-order valence-electron chi connectivity index (χ1n) is 13.0. The molecule has 2 bridgehead atoms. The highest BCUT2D eigenvalue weighted by molar-refractivity contribution is 8.26. The summed E-state index contributed by atoms with van der Waals surface area (Å²) in [6.45, 7) is 4.49. The lowest BCUT2D eigenvalue weighted by Crippen LogP contribution is -2.41. The van der Waals surface area contributed by atoms with Crippen molar-refractivity contribution in [3.8, 4) is 11.3 Å². The van der Waals surface area contributed by atoms with E-state index in [0.717, 1.165) is 69.2 Å². The van der Waals surface area contributed by atoms with Crippen LogP contribution in [0.25, 0.3) is 17.4 Å². The second-order valence-corrected chi connectivity index (χ2v) is 12.0. The first-order valence-corrected chi connectivity index (χ1v) is 14.2. The zero-order valence-electron chi connectivity index (χ0n) is 20.3. The first-order chi connectivity index (χ1) is 17.5. The van der Waals surface area contributed by atoms with Gasteiger partial charge in [-0.25, -0.2) is 4.39 Å². The predicted molar refractivity (Wildman–Crippen MR) is 144 cm³/mol. The van der Waals surface area contributed by atoms with E-state index in [-0.39, 0.29) is 17.8 Å². The Bertz CT molecular complexity index is 1170. The van der Waals surface area contributed by atoms with E-state index in [1.165, 1.54) is 43.2 Å². The number of thioether (sulfide) groups is 1. The summed E-state index contributed by atoms with van der Waals surface area (Å²) in [6, 6.07) is 8.62. The van der Waals surface area contributed by atoms with Gasteiger partial charge in [-0.15, -0.1) is 0 Å². The molecule has 190 valence electrons. The molecule has 3 unspecified atom stereocenters. The molecule has 2 aromatic rings. The molecule has 1 aromatic carbocycles. The maximum atomic E-state index is 13.5. The van der Waals surface area contributed by atoms with Crippen molar-refractivity contribution in [1.29, 1.82) is 0 Å². The number of thiocarbonyl (C=S) groups is 1. The number of benzene rings is 1. The second-order valence-electron chi connectivity index (χ2n) is 10.4. The molecule has 0 radical (unpaired) electrons. The number of nitrogens with zero attached hydrogens (tertiary/aromatic N) is 2. The minimum atomic E-state index is -0.277. The fourth-order valence-corrected chi connectivity index (χ4v) is 7.59. The van der Waals surface area contributed by atoms with E-state index in [4.69, 9.17) is 21.4 Å². The Kier molecular flexibility index (Phi) is 7.03. The van der Waals surface area contributed by atoms with Gasteiger partial charge >= 0.3 is 0 Å². The van der Waals surface area contributed by atoms with Crippen molar-refractivity contribution in [2.24, 2.45) is 11.8 Å². The van der Waals surface area contributed by atoms with E-state index in [1.54, 1.807) is 12.1 Å². The number of carbonyl (C=O) groups is 1. The zero-order chi connectivity index (χ0) is 24.6. The average Bonchev–Trinajstić information content (AvgIpc) is 3.66. The molecular weight excluding hydrogens is 495 g/mol. The first kappa shape index (κ1) is 24.3. The number of ether oxygens (including phenoxy) is 1. The summed E-state index contributed by atoms with van der Waals surface area (Å²) >= 11 is 7.07. The van der Waals surface area contributed by atoms with Crippen molar-refractivity contribution in [3.05, 3.63) is 52.4 Å². The number of fused-ring (bicyclic) bond motifs is 2. The molecule has 2 saturated heterocycles. The molecule has 0 spiro atoms. The van der Waals surface area contributed by atoms with Crippen molar-refractivity contribution < 1.29 is 18.3 Å². The van der Waals surface area contributed by atoms with Crippen LogP contribution in [-0.2, 0) is 16.0 Å². The Morgan fingerprint density at radius 1 is 1.14 bits per heavy atom. The van der Waals surface area contributed by atoms with E-state index in [1.807, 2.05) is 17.0 Å². The molecule has 36 heavy (non-hydrogen) atoms. The minimum Gasteiger partial charge on any atom is -0.456 e. The molecule has 5 nitrogen and oxygen atoms in total. The number of amides is 1. The highest BCUT2D eigenvalue weighted by Crippen LogP contribution is 2.49. The quantitative estimate of drug-likeness (QED) is 0.339. The standard InChI is InChI=1S/C28H31FN2O3S2/c29-22-7-5-19(6-8-22)24-16-21(2-1-9-30-10-12-33-13-11-30)25(34-24)17-26-27(32)31(28(35)36-26)23-15-18-3-4-20(23)14-18/h5-8,16-18,20,23H,1-4,9-15H2/b26-17-. The Labute approximate surface area is 221 Å². The van der Waals surface area contributed by atoms with Gasteiger partial charge in [-0.1, -0.05) is 30.4 Å².